The summed E-state index contributed by atoms with van der Waals surface area (Å²) in [5, 5.41) is 8.59. The van der Waals surface area contributed by atoms with E-state index in [9.17, 15) is 0 Å². The molecule has 0 aliphatic rings. The number of nitriles is 1. The Kier molecular flexibility index (Phi) is 5.01. The zero-order chi connectivity index (χ0) is 12.0. The number of hydrogen-bond donors (Lipinski definition) is 0. The molecule has 0 atom stereocenters. The van der Waals surface area contributed by atoms with Gasteiger partial charge in [0.15, 0.2) is 0 Å². The van der Waals surface area contributed by atoms with Gasteiger partial charge in [0, 0.05) is 19.5 Å². The van der Waals surface area contributed by atoms with Crippen LogP contribution in [-0.2, 0) is 6.54 Å². The lowest BCUT2D eigenvalue weighted by Gasteiger charge is -2.19. The monoisotopic (exact) mass is 216 g/mol. The van der Waals surface area contributed by atoms with Gasteiger partial charge in [0.25, 0.3) is 0 Å². The van der Waals surface area contributed by atoms with Crippen molar-refractivity contribution >= 4 is 0 Å². The fourth-order valence-electron chi connectivity index (χ4n) is 1.98. The van der Waals surface area contributed by atoms with Crippen LogP contribution in [0.3, 0.4) is 0 Å². The van der Waals surface area contributed by atoms with Crippen LogP contribution in [0.15, 0.2) is 18.2 Å². The van der Waals surface area contributed by atoms with Crippen molar-refractivity contribution in [2.45, 2.75) is 33.7 Å². The molecule has 16 heavy (non-hydrogen) atoms. The molecule has 0 fully saturated rings. The third-order valence-electron chi connectivity index (χ3n) is 2.67. The number of nitrogens with zero attached hydrogens (tertiary/aromatic N) is 2. The maximum atomic E-state index is 8.59. The predicted octanol–water partition coefficient (Wildman–Crippen LogP) is 3.04. The molecular formula is C14H20N2. The molecule has 0 amide bonds. The lowest BCUT2D eigenvalue weighted by molar-refractivity contribution is 0.286. The quantitative estimate of drug-likeness (QED) is 0.756. The summed E-state index contributed by atoms with van der Waals surface area (Å²) in [5.41, 5.74) is 3.97. The Morgan fingerprint density at radius 1 is 1.19 bits per heavy atom. The van der Waals surface area contributed by atoms with E-state index < -0.39 is 0 Å². The zero-order valence-electron chi connectivity index (χ0n) is 10.5. The summed E-state index contributed by atoms with van der Waals surface area (Å²) < 4.78 is 0. The Hall–Kier alpha value is -1.33. The highest BCUT2D eigenvalue weighted by Crippen LogP contribution is 2.11. The molecule has 1 rings (SSSR count). The molecule has 0 aliphatic carbocycles. The molecule has 0 saturated heterocycles. The molecule has 0 radical (unpaired) electrons. The van der Waals surface area contributed by atoms with Crippen LogP contribution in [0.5, 0.6) is 0 Å². The van der Waals surface area contributed by atoms with Crippen LogP contribution in [0.1, 0.15) is 30.0 Å². The average molecular weight is 216 g/mol. The van der Waals surface area contributed by atoms with Crippen LogP contribution in [0, 0.1) is 25.2 Å². The van der Waals surface area contributed by atoms with Gasteiger partial charge < -0.3 is 0 Å². The first kappa shape index (κ1) is 12.7. The first-order valence-electron chi connectivity index (χ1n) is 5.82. The largest absolute Gasteiger partial charge is 0.298 e. The second-order valence-corrected chi connectivity index (χ2v) is 4.27. The lowest BCUT2D eigenvalue weighted by Crippen LogP contribution is -2.23. The van der Waals surface area contributed by atoms with E-state index in [1.807, 2.05) is 0 Å². The van der Waals surface area contributed by atoms with E-state index in [1.165, 1.54) is 16.7 Å². The van der Waals surface area contributed by atoms with E-state index >= 15 is 0 Å². The molecule has 86 valence electrons. The maximum absolute atomic E-state index is 8.59. The van der Waals surface area contributed by atoms with Crippen LogP contribution in [0.4, 0.5) is 0 Å². The van der Waals surface area contributed by atoms with Crippen molar-refractivity contribution in [3.05, 3.63) is 34.9 Å². The van der Waals surface area contributed by atoms with Gasteiger partial charge in [0.05, 0.1) is 6.07 Å². The fourth-order valence-corrected chi connectivity index (χ4v) is 1.98. The van der Waals surface area contributed by atoms with Gasteiger partial charge in [-0.25, -0.2) is 0 Å². The molecule has 0 aliphatic heterocycles. The van der Waals surface area contributed by atoms with Gasteiger partial charge in [-0.05, 0) is 26.0 Å². The van der Waals surface area contributed by atoms with Crippen LogP contribution < -0.4 is 0 Å². The van der Waals surface area contributed by atoms with Crippen LogP contribution in [0.2, 0.25) is 0 Å². The van der Waals surface area contributed by atoms with Crippen molar-refractivity contribution in [2.24, 2.45) is 0 Å². The molecule has 0 N–H and O–H groups in total. The summed E-state index contributed by atoms with van der Waals surface area (Å²) in [4.78, 5) is 2.30. The summed E-state index contributed by atoms with van der Waals surface area (Å²) in [7, 11) is 0. The minimum atomic E-state index is 0.610. The van der Waals surface area contributed by atoms with E-state index in [0.717, 1.165) is 19.6 Å². The van der Waals surface area contributed by atoms with Crippen molar-refractivity contribution < 1.29 is 0 Å². The fraction of sp³-hybridized carbons (Fsp3) is 0.500. The molecular weight excluding hydrogens is 196 g/mol. The molecule has 1 aromatic rings. The SMILES string of the molecule is CCN(CCC#N)Cc1cc(C)cc(C)c1. The predicted molar refractivity (Wildman–Crippen MR) is 67.1 cm³/mol. The van der Waals surface area contributed by atoms with Gasteiger partial charge in [0.2, 0.25) is 0 Å². The van der Waals surface area contributed by atoms with Gasteiger partial charge in [-0.2, -0.15) is 5.26 Å². The molecule has 0 bridgehead atoms. The normalized spacial score (nSPS) is 10.4. The number of aryl methyl sites for hydroxylation is 2. The Labute approximate surface area is 98.5 Å². The number of rotatable bonds is 5. The van der Waals surface area contributed by atoms with E-state index in [4.69, 9.17) is 5.26 Å². The summed E-state index contributed by atoms with van der Waals surface area (Å²) in [6.45, 7) is 9.19. The van der Waals surface area contributed by atoms with Gasteiger partial charge in [0.1, 0.15) is 0 Å². The van der Waals surface area contributed by atoms with E-state index in [1.54, 1.807) is 0 Å². The Balaban J connectivity index is 2.66. The van der Waals surface area contributed by atoms with Crippen molar-refractivity contribution in [1.82, 2.24) is 4.90 Å². The van der Waals surface area contributed by atoms with Crippen LogP contribution in [-0.4, -0.2) is 18.0 Å². The van der Waals surface area contributed by atoms with Crippen molar-refractivity contribution in [3.8, 4) is 6.07 Å². The molecule has 0 spiro atoms. The standard InChI is InChI=1S/C14H20N2/c1-4-16(7-5-6-15)11-14-9-12(2)8-13(3)10-14/h8-10H,4-5,7,11H2,1-3H3. The first-order chi connectivity index (χ1) is 7.65. The third kappa shape index (κ3) is 4.04. The number of hydrogen-bond acceptors (Lipinski definition) is 2. The summed E-state index contributed by atoms with van der Waals surface area (Å²) in [5.74, 6) is 0. The van der Waals surface area contributed by atoms with Crippen molar-refractivity contribution in [3.63, 3.8) is 0 Å². The zero-order valence-corrected chi connectivity index (χ0v) is 10.5. The molecule has 0 heterocycles. The third-order valence-corrected chi connectivity index (χ3v) is 2.67. The molecule has 0 unspecified atom stereocenters. The van der Waals surface area contributed by atoms with E-state index in [2.05, 4.69) is 49.9 Å². The highest BCUT2D eigenvalue weighted by molar-refractivity contribution is 5.28. The van der Waals surface area contributed by atoms with Gasteiger partial charge in [-0.15, -0.1) is 0 Å². The molecule has 0 saturated carbocycles. The summed E-state index contributed by atoms with van der Waals surface area (Å²) in [6.07, 6.45) is 0.610. The van der Waals surface area contributed by atoms with E-state index in [0.29, 0.717) is 6.42 Å². The second-order valence-electron chi connectivity index (χ2n) is 4.27. The smallest absolute Gasteiger partial charge is 0.0635 e. The van der Waals surface area contributed by atoms with Crippen LogP contribution in [0.25, 0.3) is 0 Å². The molecule has 2 nitrogen and oxygen atoms in total. The van der Waals surface area contributed by atoms with Gasteiger partial charge >= 0.3 is 0 Å². The summed E-state index contributed by atoms with van der Waals surface area (Å²) in [6, 6.07) is 8.84. The number of benzene rings is 1. The summed E-state index contributed by atoms with van der Waals surface area (Å²) >= 11 is 0. The van der Waals surface area contributed by atoms with E-state index in [-0.39, 0.29) is 0 Å². The Morgan fingerprint density at radius 3 is 2.31 bits per heavy atom. The topological polar surface area (TPSA) is 27.0 Å². The maximum Gasteiger partial charge on any atom is 0.0635 e. The molecule has 0 aromatic heterocycles. The second kappa shape index (κ2) is 6.30. The highest BCUT2D eigenvalue weighted by atomic mass is 15.1. The Morgan fingerprint density at radius 2 is 1.81 bits per heavy atom. The van der Waals surface area contributed by atoms with Crippen LogP contribution >= 0.6 is 0 Å². The van der Waals surface area contributed by atoms with Crippen molar-refractivity contribution in [1.29, 1.82) is 5.26 Å². The minimum absolute atomic E-state index is 0.610. The van der Waals surface area contributed by atoms with Gasteiger partial charge in [-0.1, -0.05) is 36.2 Å². The van der Waals surface area contributed by atoms with Crippen molar-refractivity contribution in [2.75, 3.05) is 13.1 Å². The Bertz CT molecular complexity index is 357. The molecule has 2 heteroatoms. The highest BCUT2D eigenvalue weighted by Gasteiger charge is 2.04. The lowest BCUT2D eigenvalue weighted by atomic mass is 10.1. The first-order valence-corrected chi connectivity index (χ1v) is 5.82. The minimum Gasteiger partial charge on any atom is -0.298 e. The molecule has 1 aromatic carbocycles. The average Bonchev–Trinajstić information content (AvgIpc) is 2.22. The van der Waals surface area contributed by atoms with Gasteiger partial charge in [-0.3, -0.25) is 4.90 Å².